The average molecular weight is 350 g/mol. The lowest BCUT2D eigenvalue weighted by Gasteiger charge is -2.22. The van der Waals surface area contributed by atoms with Crippen LogP contribution in [0.15, 0.2) is 48.5 Å². The summed E-state index contributed by atoms with van der Waals surface area (Å²) < 4.78 is 4.67. The summed E-state index contributed by atoms with van der Waals surface area (Å²) in [7, 11) is 1.32. The third kappa shape index (κ3) is 2.37. The fraction of sp³-hybridized carbons (Fsp3) is 0.250. The van der Waals surface area contributed by atoms with E-state index in [1.54, 1.807) is 24.3 Å². The van der Waals surface area contributed by atoms with E-state index in [0.29, 0.717) is 12.0 Å². The second-order valence-corrected chi connectivity index (χ2v) is 6.57. The Kier molecular flexibility index (Phi) is 3.76. The smallest absolute Gasteiger partial charge is 0.337 e. The average Bonchev–Trinajstić information content (AvgIpc) is 3.15. The largest absolute Gasteiger partial charge is 0.465 e. The van der Waals surface area contributed by atoms with Gasteiger partial charge in [-0.3, -0.25) is 9.69 Å². The van der Waals surface area contributed by atoms with E-state index in [-0.39, 0.29) is 18.5 Å². The third-order valence-corrected chi connectivity index (χ3v) is 5.14. The Labute approximate surface area is 150 Å². The van der Waals surface area contributed by atoms with Gasteiger partial charge in [0.1, 0.15) is 5.54 Å². The van der Waals surface area contributed by atoms with Crippen LogP contribution >= 0.6 is 0 Å². The molecule has 1 atom stereocenters. The quantitative estimate of drug-likeness (QED) is 0.681. The first-order chi connectivity index (χ1) is 12.5. The molecule has 4 rings (SSSR count). The zero-order valence-electron chi connectivity index (χ0n) is 14.3. The van der Waals surface area contributed by atoms with Crippen LogP contribution in [-0.4, -0.2) is 29.9 Å². The predicted octanol–water partition coefficient (Wildman–Crippen LogP) is 2.37. The molecule has 2 aromatic carbocycles. The number of urea groups is 1. The summed E-state index contributed by atoms with van der Waals surface area (Å²) in [4.78, 5) is 38.4. The van der Waals surface area contributed by atoms with Gasteiger partial charge in [0, 0.05) is 0 Å². The minimum atomic E-state index is -0.945. The Morgan fingerprint density at radius 1 is 1.15 bits per heavy atom. The van der Waals surface area contributed by atoms with Crippen LogP contribution < -0.4 is 5.32 Å². The molecule has 1 heterocycles. The molecule has 1 spiro atoms. The van der Waals surface area contributed by atoms with Gasteiger partial charge in [0.2, 0.25) is 0 Å². The Bertz CT molecular complexity index is 906. The molecule has 1 fully saturated rings. The zero-order chi connectivity index (χ0) is 18.3. The van der Waals surface area contributed by atoms with Gasteiger partial charge in [-0.2, -0.15) is 0 Å². The van der Waals surface area contributed by atoms with E-state index in [4.69, 9.17) is 0 Å². The van der Waals surface area contributed by atoms with Gasteiger partial charge in [0.05, 0.1) is 19.2 Å². The van der Waals surface area contributed by atoms with E-state index in [9.17, 15) is 14.4 Å². The molecule has 1 aliphatic heterocycles. The van der Waals surface area contributed by atoms with E-state index in [1.165, 1.54) is 12.0 Å². The van der Waals surface area contributed by atoms with Crippen LogP contribution in [0.4, 0.5) is 4.79 Å². The van der Waals surface area contributed by atoms with E-state index >= 15 is 0 Å². The number of benzene rings is 2. The van der Waals surface area contributed by atoms with Gasteiger partial charge in [0.25, 0.3) is 5.91 Å². The van der Waals surface area contributed by atoms with Gasteiger partial charge in [-0.25, -0.2) is 9.59 Å². The lowest BCUT2D eigenvalue weighted by molar-refractivity contribution is -0.132. The first-order valence-electron chi connectivity index (χ1n) is 8.45. The van der Waals surface area contributed by atoms with E-state index < -0.39 is 11.5 Å². The number of nitrogens with one attached hydrogen (secondary N) is 1. The van der Waals surface area contributed by atoms with Gasteiger partial charge in [-0.1, -0.05) is 36.4 Å². The monoisotopic (exact) mass is 350 g/mol. The molecule has 6 nitrogen and oxygen atoms in total. The molecule has 1 unspecified atom stereocenters. The highest BCUT2D eigenvalue weighted by molar-refractivity contribution is 6.08. The highest BCUT2D eigenvalue weighted by atomic mass is 16.5. The van der Waals surface area contributed by atoms with Crippen LogP contribution in [0.1, 0.15) is 33.5 Å². The van der Waals surface area contributed by atoms with Crippen LogP contribution in [0.3, 0.4) is 0 Å². The van der Waals surface area contributed by atoms with Crippen molar-refractivity contribution in [3.63, 3.8) is 0 Å². The van der Waals surface area contributed by atoms with Crippen molar-refractivity contribution in [2.24, 2.45) is 0 Å². The zero-order valence-corrected chi connectivity index (χ0v) is 14.3. The van der Waals surface area contributed by atoms with Crippen LogP contribution in [0.2, 0.25) is 0 Å². The van der Waals surface area contributed by atoms with Gasteiger partial charge >= 0.3 is 12.0 Å². The first kappa shape index (κ1) is 16.3. The number of imide groups is 1. The summed E-state index contributed by atoms with van der Waals surface area (Å²) in [6.45, 7) is 0.163. The maximum atomic E-state index is 13.1. The van der Waals surface area contributed by atoms with Crippen molar-refractivity contribution in [1.82, 2.24) is 10.2 Å². The van der Waals surface area contributed by atoms with Crippen LogP contribution in [-0.2, 0) is 28.0 Å². The summed E-state index contributed by atoms with van der Waals surface area (Å²) in [6.07, 6.45) is 1.35. The molecular formula is C20H18N2O4. The molecule has 2 aromatic rings. The number of amides is 3. The van der Waals surface area contributed by atoms with E-state index in [1.807, 2.05) is 24.3 Å². The summed E-state index contributed by atoms with van der Waals surface area (Å²) in [6, 6.07) is 14.1. The molecule has 0 radical (unpaired) electrons. The van der Waals surface area contributed by atoms with Crippen molar-refractivity contribution in [3.05, 3.63) is 70.8 Å². The molecular weight excluding hydrogens is 332 g/mol. The topological polar surface area (TPSA) is 75.7 Å². The molecule has 6 heteroatoms. The number of hydrogen-bond donors (Lipinski definition) is 1. The van der Waals surface area contributed by atoms with Crippen molar-refractivity contribution >= 4 is 17.9 Å². The van der Waals surface area contributed by atoms with E-state index in [0.717, 1.165) is 23.1 Å². The van der Waals surface area contributed by atoms with Crippen molar-refractivity contribution < 1.29 is 19.1 Å². The van der Waals surface area contributed by atoms with Gasteiger partial charge in [-0.15, -0.1) is 0 Å². The summed E-state index contributed by atoms with van der Waals surface area (Å²) in [5, 5.41) is 2.91. The second-order valence-electron chi connectivity index (χ2n) is 6.57. The molecule has 26 heavy (non-hydrogen) atoms. The molecule has 0 bridgehead atoms. The minimum absolute atomic E-state index is 0.163. The number of aryl methyl sites for hydroxylation is 1. The number of hydrogen-bond acceptors (Lipinski definition) is 4. The van der Waals surface area contributed by atoms with Crippen molar-refractivity contribution in [2.75, 3.05) is 7.11 Å². The number of carbonyl (C=O) groups is 3. The molecule has 1 saturated heterocycles. The number of nitrogens with zero attached hydrogens (tertiary/aromatic N) is 1. The fourth-order valence-corrected chi connectivity index (χ4v) is 3.78. The van der Waals surface area contributed by atoms with Crippen LogP contribution in [0.5, 0.6) is 0 Å². The predicted molar refractivity (Wildman–Crippen MR) is 93.3 cm³/mol. The van der Waals surface area contributed by atoms with Crippen molar-refractivity contribution in [2.45, 2.75) is 24.9 Å². The second kappa shape index (κ2) is 5.98. The SMILES string of the molecule is COC(=O)c1ccc(CN2C(=O)NC3(CCc4ccccc43)C2=O)cc1. The molecule has 0 aromatic heterocycles. The van der Waals surface area contributed by atoms with Gasteiger partial charge in [-0.05, 0) is 41.7 Å². The Morgan fingerprint density at radius 3 is 2.62 bits per heavy atom. The highest BCUT2D eigenvalue weighted by Crippen LogP contribution is 2.41. The first-order valence-corrected chi connectivity index (χ1v) is 8.45. The summed E-state index contributed by atoms with van der Waals surface area (Å²) in [5.41, 5.74) is 2.24. The van der Waals surface area contributed by atoms with E-state index in [2.05, 4.69) is 10.1 Å². The standard InChI is InChI=1S/C20H18N2O4/c1-26-17(23)15-8-6-13(7-9-15)12-22-18(24)20(21-19(22)25)11-10-14-4-2-3-5-16(14)20/h2-9H,10-12H2,1H3,(H,21,25). The normalized spacial score (nSPS) is 21.0. The minimum Gasteiger partial charge on any atom is -0.465 e. The summed E-state index contributed by atoms with van der Waals surface area (Å²) >= 11 is 0. The van der Waals surface area contributed by atoms with Gasteiger partial charge in [0.15, 0.2) is 0 Å². The number of rotatable bonds is 3. The molecule has 132 valence electrons. The third-order valence-electron chi connectivity index (χ3n) is 5.14. The highest BCUT2D eigenvalue weighted by Gasteiger charge is 2.55. The van der Waals surface area contributed by atoms with Crippen molar-refractivity contribution in [1.29, 1.82) is 0 Å². The lowest BCUT2D eigenvalue weighted by Crippen LogP contribution is -2.41. The summed E-state index contributed by atoms with van der Waals surface area (Å²) in [5.74, 6) is -0.641. The Balaban J connectivity index is 1.58. The van der Waals surface area contributed by atoms with Gasteiger partial charge < -0.3 is 10.1 Å². The van der Waals surface area contributed by atoms with Crippen LogP contribution in [0, 0.1) is 0 Å². The number of esters is 1. The Hall–Kier alpha value is -3.15. The number of carbonyl (C=O) groups excluding carboxylic acids is 3. The molecule has 1 N–H and O–H groups in total. The van der Waals surface area contributed by atoms with Crippen LogP contribution in [0.25, 0.3) is 0 Å². The number of methoxy groups -OCH3 is 1. The fourth-order valence-electron chi connectivity index (χ4n) is 3.78. The number of fused-ring (bicyclic) bond motifs is 2. The molecule has 3 amide bonds. The maximum Gasteiger partial charge on any atom is 0.337 e. The lowest BCUT2D eigenvalue weighted by atomic mass is 9.92. The molecule has 0 saturated carbocycles. The maximum absolute atomic E-state index is 13.1. The molecule has 2 aliphatic rings. The molecule has 1 aliphatic carbocycles. The Morgan fingerprint density at radius 2 is 1.88 bits per heavy atom. The van der Waals surface area contributed by atoms with Crippen molar-refractivity contribution in [3.8, 4) is 0 Å². The number of ether oxygens (including phenoxy) is 1.